The van der Waals surface area contributed by atoms with Crippen molar-refractivity contribution in [1.82, 2.24) is 0 Å². The van der Waals surface area contributed by atoms with Gasteiger partial charge in [-0.05, 0) is 55.7 Å². The van der Waals surface area contributed by atoms with Gasteiger partial charge in [-0.3, -0.25) is 4.79 Å². The molecule has 180 valence electrons. The zero-order valence-corrected chi connectivity index (χ0v) is 20.8. The summed E-state index contributed by atoms with van der Waals surface area (Å²) in [5.41, 5.74) is 7.33. The minimum atomic E-state index is -0.282. The topological polar surface area (TPSA) is 69.9 Å². The molecule has 35 heavy (non-hydrogen) atoms. The van der Waals surface area contributed by atoms with Gasteiger partial charge in [0, 0.05) is 34.7 Å². The molecule has 0 atom stereocenters. The van der Waals surface area contributed by atoms with Gasteiger partial charge in [0.15, 0.2) is 0 Å². The first-order valence-corrected chi connectivity index (χ1v) is 11.2. The van der Waals surface area contributed by atoms with E-state index in [9.17, 15) is 4.79 Å². The Bertz CT molecular complexity index is 1430. The molecule has 1 N–H and O–H groups in total. The molecular weight excluding hydrogens is 442 g/mol. The third-order valence-corrected chi connectivity index (χ3v) is 6.01. The summed E-state index contributed by atoms with van der Waals surface area (Å²) in [6.45, 7) is 6.05. The molecule has 0 aliphatic carbocycles. The van der Waals surface area contributed by atoms with Crippen LogP contribution in [0.4, 0.5) is 5.69 Å². The summed E-state index contributed by atoms with van der Waals surface area (Å²) in [6.07, 6.45) is 3.32. The monoisotopic (exact) mass is 471 g/mol. The molecule has 0 unspecified atom stereocenters. The Morgan fingerprint density at radius 2 is 1.66 bits per heavy atom. The van der Waals surface area contributed by atoms with Crippen molar-refractivity contribution in [2.45, 2.75) is 20.8 Å². The number of carbonyl (C=O) groups excluding carboxylic acids is 1. The predicted molar refractivity (Wildman–Crippen MR) is 140 cm³/mol. The maximum absolute atomic E-state index is 12.9. The highest BCUT2D eigenvalue weighted by atomic mass is 16.5. The lowest BCUT2D eigenvalue weighted by molar-refractivity contribution is -0.111. The average molecular weight is 472 g/mol. The van der Waals surface area contributed by atoms with E-state index in [1.165, 1.54) is 11.1 Å². The molecule has 0 aliphatic rings. The molecule has 0 aliphatic heterocycles. The highest BCUT2D eigenvalue weighted by molar-refractivity contribution is 6.06. The number of rotatable bonds is 7. The molecule has 0 spiro atoms. The van der Waals surface area contributed by atoms with Crippen molar-refractivity contribution < 1.29 is 23.4 Å². The summed E-state index contributed by atoms with van der Waals surface area (Å²) in [7, 11) is 4.73. The number of fused-ring (bicyclic) bond motifs is 1. The molecule has 4 aromatic rings. The van der Waals surface area contributed by atoms with Crippen LogP contribution in [0.1, 0.15) is 23.6 Å². The summed E-state index contributed by atoms with van der Waals surface area (Å²) < 4.78 is 22.1. The van der Waals surface area contributed by atoms with E-state index in [4.69, 9.17) is 18.6 Å². The zero-order valence-electron chi connectivity index (χ0n) is 20.8. The molecule has 0 saturated carbocycles. The number of hydrogen-bond donors (Lipinski definition) is 1. The van der Waals surface area contributed by atoms with E-state index in [1.807, 2.05) is 19.1 Å². The number of carbonyl (C=O) groups is 1. The van der Waals surface area contributed by atoms with Crippen LogP contribution in [-0.2, 0) is 4.79 Å². The van der Waals surface area contributed by atoms with E-state index in [1.54, 1.807) is 51.9 Å². The van der Waals surface area contributed by atoms with Gasteiger partial charge in [0.25, 0.3) is 0 Å². The quantitative estimate of drug-likeness (QED) is 0.301. The second-order valence-electron chi connectivity index (χ2n) is 8.40. The number of benzene rings is 3. The van der Waals surface area contributed by atoms with E-state index in [0.717, 1.165) is 33.2 Å². The van der Waals surface area contributed by atoms with Crippen LogP contribution in [0.3, 0.4) is 0 Å². The molecule has 4 rings (SSSR count). The minimum Gasteiger partial charge on any atom is -0.497 e. The highest BCUT2D eigenvalue weighted by Gasteiger charge is 2.16. The summed E-state index contributed by atoms with van der Waals surface area (Å²) in [6, 6.07) is 15.5. The molecule has 0 fully saturated rings. The molecular formula is C29H29NO5. The van der Waals surface area contributed by atoms with Crippen LogP contribution in [0, 0.1) is 13.8 Å². The summed E-state index contributed by atoms with van der Waals surface area (Å²) >= 11 is 0. The van der Waals surface area contributed by atoms with Crippen LogP contribution < -0.4 is 19.5 Å². The maximum atomic E-state index is 12.9. The summed E-state index contributed by atoms with van der Waals surface area (Å²) in [4.78, 5) is 12.9. The molecule has 0 bridgehead atoms. The molecule has 6 heteroatoms. The van der Waals surface area contributed by atoms with E-state index < -0.39 is 0 Å². The van der Waals surface area contributed by atoms with Crippen LogP contribution in [0.25, 0.3) is 27.7 Å². The van der Waals surface area contributed by atoms with Crippen molar-refractivity contribution in [2.75, 3.05) is 26.6 Å². The van der Waals surface area contributed by atoms with E-state index in [0.29, 0.717) is 22.9 Å². The highest BCUT2D eigenvalue weighted by Crippen LogP contribution is 2.38. The number of furan rings is 1. The molecule has 1 amide bonds. The lowest BCUT2D eigenvalue weighted by Gasteiger charge is -2.12. The van der Waals surface area contributed by atoms with Crippen molar-refractivity contribution in [1.29, 1.82) is 0 Å². The number of hydrogen-bond acceptors (Lipinski definition) is 5. The second kappa shape index (κ2) is 9.97. The van der Waals surface area contributed by atoms with Gasteiger partial charge in [0.05, 0.1) is 33.3 Å². The van der Waals surface area contributed by atoms with E-state index >= 15 is 0 Å². The smallest absolute Gasteiger partial charge is 0.248 e. The minimum absolute atomic E-state index is 0.282. The standard InChI is InChI=1S/C29H29NO5/c1-17-7-9-21(18(2)11-17)24-16-35-27-15-26(33-5)22(14-23(24)27)19(3)12-29(31)30-25-10-8-20(32-4)13-28(25)34-6/h7-16H,1-6H3,(H,30,31)/b19-12+. The Hall–Kier alpha value is -4.19. The second-order valence-corrected chi connectivity index (χ2v) is 8.40. The fraction of sp³-hybridized carbons (Fsp3) is 0.207. The third-order valence-electron chi connectivity index (χ3n) is 6.01. The van der Waals surface area contributed by atoms with Gasteiger partial charge in [-0.2, -0.15) is 0 Å². The molecule has 3 aromatic carbocycles. The summed E-state index contributed by atoms with van der Waals surface area (Å²) in [5.74, 6) is 1.50. The van der Waals surface area contributed by atoms with E-state index in [-0.39, 0.29) is 5.91 Å². The van der Waals surface area contributed by atoms with Gasteiger partial charge in [-0.1, -0.05) is 23.8 Å². The van der Waals surface area contributed by atoms with Crippen molar-refractivity contribution in [3.8, 4) is 28.4 Å². The Kier molecular flexibility index (Phi) is 6.82. The van der Waals surface area contributed by atoms with Crippen LogP contribution in [0.2, 0.25) is 0 Å². The van der Waals surface area contributed by atoms with Gasteiger partial charge in [0.2, 0.25) is 5.91 Å². The van der Waals surface area contributed by atoms with Gasteiger partial charge in [-0.15, -0.1) is 0 Å². The largest absolute Gasteiger partial charge is 0.497 e. The van der Waals surface area contributed by atoms with Gasteiger partial charge < -0.3 is 23.9 Å². The van der Waals surface area contributed by atoms with Crippen LogP contribution in [-0.4, -0.2) is 27.2 Å². The maximum Gasteiger partial charge on any atom is 0.248 e. The van der Waals surface area contributed by atoms with E-state index in [2.05, 4.69) is 37.4 Å². The predicted octanol–water partition coefficient (Wildman–Crippen LogP) is 6.78. The lowest BCUT2D eigenvalue weighted by Crippen LogP contribution is -2.10. The van der Waals surface area contributed by atoms with Crippen molar-refractivity contribution in [3.63, 3.8) is 0 Å². The first kappa shape index (κ1) is 24.0. The average Bonchev–Trinajstić information content (AvgIpc) is 3.25. The fourth-order valence-electron chi connectivity index (χ4n) is 4.20. The fourth-order valence-corrected chi connectivity index (χ4v) is 4.20. The number of aryl methyl sites for hydroxylation is 2. The zero-order chi connectivity index (χ0) is 25.1. The molecule has 0 saturated heterocycles. The molecule has 1 aromatic heterocycles. The Labute approximate surface area is 205 Å². The number of nitrogens with one attached hydrogen (secondary N) is 1. The van der Waals surface area contributed by atoms with Crippen LogP contribution in [0.15, 0.2) is 65.3 Å². The number of methoxy groups -OCH3 is 3. The summed E-state index contributed by atoms with van der Waals surface area (Å²) in [5, 5.41) is 3.83. The first-order valence-electron chi connectivity index (χ1n) is 11.2. The van der Waals surface area contributed by atoms with Crippen molar-refractivity contribution in [3.05, 3.63) is 77.6 Å². The molecule has 6 nitrogen and oxygen atoms in total. The Morgan fingerprint density at radius 3 is 2.34 bits per heavy atom. The molecule has 1 heterocycles. The number of amides is 1. The Balaban J connectivity index is 1.70. The van der Waals surface area contributed by atoms with Crippen LogP contribution >= 0.6 is 0 Å². The Morgan fingerprint density at radius 1 is 0.886 bits per heavy atom. The van der Waals surface area contributed by atoms with Gasteiger partial charge >= 0.3 is 0 Å². The normalized spacial score (nSPS) is 11.4. The number of allylic oxidation sites excluding steroid dienone is 1. The van der Waals surface area contributed by atoms with Crippen molar-refractivity contribution >= 4 is 28.1 Å². The van der Waals surface area contributed by atoms with Gasteiger partial charge in [-0.25, -0.2) is 0 Å². The van der Waals surface area contributed by atoms with Gasteiger partial charge in [0.1, 0.15) is 22.8 Å². The first-order chi connectivity index (χ1) is 16.8. The SMILES string of the molecule is COc1ccc(NC(=O)/C=C(\C)c2cc3c(-c4ccc(C)cc4C)coc3cc2OC)c(OC)c1. The lowest BCUT2D eigenvalue weighted by atomic mass is 9.96. The molecule has 0 radical (unpaired) electrons. The number of anilines is 1. The van der Waals surface area contributed by atoms with Crippen molar-refractivity contribution in [2.24, 2.45) is 0 Å². The third kappa shape index (κ3) is 4.87. The van der Waals surface area contributed by atoms with Crippen LogP contribution in [0.5, 0.6) is 17.2 Å². The number of ether oxygens (including phenoxy) is 3.